The summed E-state index contributed by atoms with van der Waals surface area (Å²) in [6.45, 7) is 0.405. The molecule has 0 saturated carbocycles. The zero-order valence-corrected chi connectivity index (χ0v) is 14.3. The van der Waals surface area contributed by atoms with Crippen LogP contribution in [0.4, 0.5) is 0 Å². The molecule has 0 saturated heterocycles. The number of benzene rings is 2. The Bertz CT molecular complexity index is 972. The van der Waals surface area contributed by atoms with Gasteiger partial charge < -0.3 is 5.32 Å². The molecule has 3 aromatic rings. The van der Waals surface area contributed by atoms with Gasteiger partial charge in [-0.2, -0.15) is 0 Å². The molecular formula is C18H18ClN3O2. The lowest BCUT2D eigenvalue weighted by Crippen LogP contribution is -2.24. The van der Waals surface area contributed by atoms with Crippen LogP contribution in [0, 0.1) is 0 Å². The standard InChI is InChI=1S/C18H18ClN3O2/c1-21-15-8-7-12(9-16(15)22(2)18(21)24)11-20-17(23)10-13-5-3-4-6-14(13)19/h3-9H,10-11H2,1-2H3,(H,20,23). The van der Waals surface area contributed by atoms with Gasteiger partial charge in [0.15, 0.2) is 0 Å². The quantitative estimate of drug-likeness (QED) is 0.790. The number of nitrogens with one attached hydrogen (secondary N) is 1. The van der Waals surface area contributed by atoms with Crippen LogP contribution in [0.2, 0.25) is 5.02 Å². The minimum absolute atomic E-state index is 0.0649. The average molecular weight is 344 g/mol. The first kappa shape index (κ1) is 16.3. The minimum Gasteiger partial charge on any atom is -0.352 e. The van der Waals surface area contributed by atoms with Crippen LogP contribution < -0.4 is 11.0 Å². The number of nitrogens with zero attached hydrogens (tertiary/aromatic N) is 2. The summed E-state index contributed by atoms with van der Waals surface area (Å²) in [6.07, 6.45) is 0.242. The first-order chi connectivity index (χ1) is 11.5. The van der Waals surface area contributed by atoms with E-state index in [1.54, 1.807) is 29.3 Å². The third-order valence-corrected chi connectivity index (χ3v) is 4.50. The molecule has 0 spiro atoms. The van der Waals surface area contributed by atoms with Crippen LogP contribution in [0.5, 0.6) is 0 Å². The van der Waals surface area contributed by atoms with Gasteiger partial charge in [0.25, 0.3) is 0 Å². The van der Waals surface area contributed by atoms with Crippen molar-refractivity contribution in [3.8, 4) is 0 Å². The molecule has 24 heavy (non-hydrogen) atoms. The van der Waals surface area contributed by atoms with E-state index in [9.17, 15) is 9.59 Å². The van der Waals surface area contributed by atoms with Gasteiger partial charge in [-0.3, -0.25) is 13.9 Å². The maximum absolute atomic E-state index is 12.1. The molecule has 0 bridgehead atoms. The van der Waals surface area contributed by atoms with E-state index in [2.05, 4.69) is 5.32 Å². The summed E-state index contributed by atoms with van der Waals surface area (Å²) in [5.74, 6) is -0.0925. The zero-order valence-electron chi connectivity index (χ0n) is 13.5. The van der Waals surface area contributed by atoms with Crippen LogP contribution in [0.25, 0.3) is 11.0 Å². The fourth-order valence-corrected chi connectivity index (χ4v) is 2.94. The highest BCUT2D eigenvalue weighted by molar-refractivity contribution is 6.31. The molecule has 5 nitrogen and oxygen atoms in total. The first-order valence-corrected chi connectivity index (χ1v) is 7.99. The summed E-state index contributed by atoms with van der Waals surface area (Å²) in [4.78, 5) is 24.0. The van der Waals surface area contributed by atoms with Gasteiger partial charge in [0.05, 0.1) is 17.5 Å². The smallest absolute Gasteiger partial charge is 0.328 e. The molecule has 1 aromatic heterocycles. The van der Waals surface area contributed by atoms with E-state index >= 15 is 0 Å². The predicted octanol–water partition coefficient (Wildman–Crippen LogP) is 2.39. The molecule has 2 aromatic carbocycles. The van der Waals surface area contributed by atoms with Crippen molar-refractivity contribution in [3.05, 3.63) is 69.1 Å². The van der Waals surface area contributed by atoms with Crippen molar-refractivity contribution in [2.45, 2.75) is 13.0 Å². The minimum atomic E-state index is -0.0925. The lowest BCUT2D eigenvalue weighted by molar-refractivity contribution is -0.120. The van der Waals surface area contributed by atoms with Crippen LogP contribution in [-0.4, -0.2) is 15.0 Å². The van der Waals surface area contributed by atoms with Gasteiger partial charge in [0, 0.05) is 25.7 Å². The van der Waals surface area contributed by atoms with Crippen LogP contribution in [0.15, 0.2) is 47.3 Å². The Morgan fingerprint density at radius 2 is 1.79 bits per heavy atom. The van der Waals surface area contributed by atoms with Crippen molar-refractivity contribution < 1.29 is 4.79 Å². The van der Waals surface area contributed by atoms with Crippen molar-refractivity contribution in [1.29, 1.82) is 0 Å². The molecule has 1 amide bonds. The Labute approximate surface area is 144 Å². The lowest BCUT2D eigenvalue weighted by Gasteiger charge is -2.07. The molecule has 0 unspecified atom stereocenters. The Morgan fingerprint density at radius 1 is 1.08 bits per heavy atom. The summed E-state index contributed by atoms with van der Waals surface area (Å²) < 4.78 is 3.21. The van der Waals surface area contributed by atoms with E-state index in [1.165, 1.54) is 0 Å². The maximum atomic E-state index is 12.1. The second-order valence-electron chi connectivity index (χ2n) is 5.77. The van der Waals surface area contributed by atoms with E-state index in [4.69, 9.17) is 11.6 Å². The van der Waals surface area contributed by atoms with Gasteiger partial charge in [-0.1, -0.05) is 35.9 Å². The zero-order chi connectivity index (χ0) is 17.3. The van der Waals surface area contributed by atoms with Crippen molar-refractivity contribution in [2.24, 2.45) is 14.1 Å². The van der Waals surface area contributed by atoms with Crippen LogP contribution in [0.3, 0.4) is 0 Å². The van der Waals surface area contributed by atoms with Crippen molar-refractivity contribution >= 4 is 28.5 Å². The van der Waals surface area contributed by atoms with Crippen LogP contribution >= 0.6 is 11.6 Å². The van der Waals surface area contributed by atoms with Gasteiger partial charge in [0.1, 0.15) is 0 Å². The maximum Gasteiger partial charge on any atom is 0.328 e. The van der Waals surface area contributed by atoms with E-state index in [-0.39, 0.29) is 18.0 Å². The number of aryl methyl sites for hydroxylation is 2. The molecule has 124 valence electrons. The molecule has 0 fully saturated rings. The molecule has 1 N–H and O–H groups in total. The number of aromatic nitrogens is 2. The average Bonchev–Trinajstić information content (AvgIpc) is 2.79. The lowest BCUT2D eigenvalue weighted by atomic mass is 10.1. The highest BCUT2D eigenvalue weighted by Gasteiger charge is 2.09. The molecule has 0 aliphatic carbocycles. The number of hydrogen-bond donors (Lipinski definition) is 1. The molecular weight excluding hydrogens is 326 g/mol. The second-order valence-corrected chi connectivity index (χ2v) is 6.18. The number of halogens is 1. The Hall–Kier alpha value is -2.53. The highest BCUT2D eigenvalue weighted by Crippen LogP contribution is 2.16. The normalized spacial score (nSPS) is 11.0. The number of hydrogen-bond acceptors (Lipinski definition) is 2. The fourth-order valence-electron chi connectivity index (χ4n) is 2.74. The monoisotopic (exact) mass is 343 g/mol. The molecule has 1 heterocycles. The summed E-state index contributed by atoms with van der Waals surface area (Å²) in [6, 6.07) is 13.0. The van der Waals surface area contributed by atoms with E-state index in [1.807, 2.05) is 36.4 Å². The van der Waals surface area contributed by atoms with Crippen LogP contribution in [-0.2, 0) is 31.9 Å². The summed E-state index contributed by atoms with van der Waals surface area (Å²) in [7, 11) is 3.49. The largest absolute Gasteiger partial charge is 0.352 e. The van der Waals surface area contributed by atoms with Gasteiger partial charge in [-0.25, -0.2) is 4.79 Å². The van der Waals surface area contributed by atoms with Gasteiger partial charge in [-0.15, -0.1) is 0 Å². The van der Waals surface area contributed by atoms with E-state index < -0.39 is 0 Å². The summed E-state index contributed by atoms with van der Waals surface area (Å²) in [5.41, 5.74) is 3.40. The molecule has 0 atom stereocenters. The number of amides is 1. The van der Waals surface area contributed by atoms with Gasteiger partial charge in [0.2, 0.25) is 5.91 Å². The molecule has 0 aliphatic heterocycles. The van der Waals surface area contributed by atoms with Crippen LogP contribution in [0.1, 0.15) is 11.1 Å². The number of carbonyl (C=O) groups excluding carboxylic acids is 1. The Kier molecular flexibility index (Phi) is 4.44. The molecule has 0 aliphatic rings. The van der Waals surface area contributed by atoms with E-state index in [0.717, 1.165) is 22.2 Å². The molecule has 3 rings (SSSR count). The topological polar surface area (TPSA) is 56.0 Å². The van der Waals surface area contributed by atoms with Crippen molar-refractivity contribution in [3.63, 3.8) is 0 Å². The Balaban J connectivity index is 1.72. The van der Waals surface area contributed by atoms with E-state index in [0.29, 0.717) is 11.6 Å². The predicted molar refractivity (Wildman–Crippen MR) is 95.2 cm³/mol. The van der Waals surface area contributed by atoms with Gasteiger partial charge >= 0.3 is 5.69 Å². The SMILES string of the molecule is Cn1c(=O)n(C)c2cc(CNC(=O)Cc3ccccc3Cl)ccc21. The molecule has 0 radical (unpaired) electrons. The van der Waals surface area contributed by atoms with Gasteiger partial charge in [-0.05, 0) is 29.3 Å². The summed E-state index contributed by atoms with van der Waals surface area (Å²) in [5, 5.41) is 3.48. The number of rotatable bonds is 4. The Morgan fingerprint density at radius 3 is 2.54 bits per heavy atom. The number of carbonyl (C=O) groups is 1. The second kappa shape index (κ2) is 6.53. The van der Waals surface area contributed by atoms with Crippen molar-refractivity contribution in [1.82, 2.24) is 14.5 Å². The fraction of sp³-hybridized carbons (Fsp3) is 0.222. The highest BCUT2D eigenvalue weighted by atomic mass is 35.5. The third kappa shape index (κ3) is 3.08. The van der Waals surface area contributed by atoms with Crippen molar-refractivity contribution in [2.75, 3.05) is 0 Å². The first-order valence-electron chi connectivity index (χ1n) is 7.62. The number of imidazole rings is 1. The third-order valence-electron chi connectivity index (χ3n) is 4.13. The number of fused-ring (bicyclic) bond motifs is 1. The summed E-state index contributed by atoms with van der Waals surface area (Å²) >= 11 is 6.07. The molecule has 6 heteroatoms.